The van der Waals surface area contributed by atoms with Gasteiger partial charge in [0.1, 0.15) is 11.2 Å². The summed E-state index contributed by atoms with van der Waals surface area (Å²) in [5.74, 6) is -4.90. The van der Waals surface area contributed by atoms with Crippen LogP contribution in [0.25, 0.3) is 0 Å². The van der Waals surface area contributed by atoms with Crippen LogP contribution in [-0.4, -0.2) is 41.6 Å². The highest BCUT2D eigenvalue weighted by molar-refractivity contribution is 5.98. The number of rotatable bonds is 8. The average molecular weight is 452 g/mol. The summed E-state index contributed by atoms with van der Waals surface area (Å²) in [7, 11) is 0. The lowest BCUT2D eigenvalue weighted by molar-refractivity contribution is -0.178. The SMILES string of the molecule is O=C(OCOC(=O)C12CC(OCc3ccc(F)cc3)CC1C2(F)C(=O)O)C1CCCCC1. The maximum Gasteiger partial charge on any atom is 0.343 e. The van der Waals surface area contributed by atoms with E-state index in [1.54, 1.807) is 12.1 Å². The van der Waals surface area contributed by atoms with Crippen molar-refractivity contribution in [1.29, 1.82) is 0 Å². The highest BCUT2D eigenvalue weighted by Crippen LogP contribution is 2.74. The molecular formula is C23H26F2O7. The van der Waals surface area contributed by atoms with E-state index < -0.39 is 47.8 Å². The van der Waals surface area contributed by atoms with Gasteiger partial charge in [-0.15, -0.1) is 0 Å². The number of carboxylic acid groups (broad SMARTS) is 1. The molecule has 0 amide bonds. The lowest BCUT2D eigenvalue weighted by atomic mass is 9.89. The van der Waals surface area contributed by atoms with E-state index in [1.807, 2.05) is 0 Å². The molecule has 4 atom stereocenters. The molecule has 3 fully saturated rings. The van der Waals surface area contributed by atoms with Crippen LogP contribution in [-0.2, 0) is 35.2 Å². The molecule has 1 aromatic rings. The summed E-state index contributed by atoms with van der Waals surface area (Å²) in [5, 5.41) is 9.39. The second-order valence-corrected chi connectivity index (χ2v) is 8.89. The van der Waals surface area contributed by atoms with Gasteiger partial charge in [0.2, 0.25) is 12.5 Å². The Morgan fingerprint density at radius 3 is 2.41 bits per heavy atom. The molecule has 0 aromatic heterocycles. The summed E-state index contributed by atoms with van der Waals surface area (Å²) in [6.45, 7) is -0.548. The predicted molar refractivity (Wildman–Crippen MR) is 105 cm³/mol. The van der Waals surface area contributed by atoms with Crippen molar-refractivity contribution in [3.8, 4) is 0 Å². The quantitative estimate of drug-likeness (QED) is 0.476. The minimum Gasteiger partial charge on any atom is -0.479 e. The number of carbonyl (C=O) groups is 3. The van der Waals surface area contributed by atoms with E-state index in [0.29, 0.717) is 5.56 Å². The lowest BCUT2D eigenvalue weighted by Gasteiger charge is -2.22. The number of hydrogen-bond acceptors (Lipinski definition) is 6. The number of benzene rings is 1. The van der Waals surface area contributed by atoms with Crippen LogP contribution in [0.3, 0.4) is 0 Å². The van der Waals surface area contributed by atoms with Crippen LogP contribution in [0.1, 0.15) is 50.5 Å². The largest absolute Gasteiger partial charge is 0.479 e. The van der Waals surface area contributed by atoms with Crippen LogP contribution in [0.15, 0.2) is 24.3 Å². The minimum atomic E-state index is -2.73. The zero-order chi connectivity index (χ0) is 22.9. The van der Waals surface area contributed by atoms with Gasteiger partial charge < -0.3 is 19.3 Å². The topological polar surface area (TPSA) is 99.1 Å². The standard InChI is InChI=1S/C23H26F2O7/c24-16-8-6-14(7-9-16)12-30-17-10-18-22(11-17,23(18,25)20(27)28)21(29)32-13-31-19(26)15-4-2-1-3-5-15/h6-9,15,17-18H,1-5,10-13H2,(H,27,28). The second kappa shape index (κ2) is 8.77. The Bertz CT molecular complexity index is 883. The summed E-state index contributed by atoms with van der Waals surface area (Å²) in [6.07, 6.45) is 3.72. The highest BCUT2D eigenvalue weighted by Gasteiger charge is 2.90. The van der Waals surface area contributed by atoms with Gasteiger partial charge in [0.05, 0.1) is 18.6 Å². The monoisotopic (exact) mass is 452 g/mol. The first-order chi connectivity index (χ1) is 15.3. The van der Waals surface area contributed by atoms with Crippen molar-refractivity contribution in [2.24, 2.45) is 17.3 Å². The van der Waals surface area contributed by atoms with E-state index in [-0.39, 0.29) is 31.2 Å². The second-order valence-electron chi connectivity index (χ2n) is 8.89. The maximum absolute atomic E-state index is 15.2. The Morgan fingerprint density at radius 2 is 1.75 bits per heavy atom. The number of fused-ring (bicyclic) bond motifs is 1. The zero-order valence-electron chi connectivity index (χ0n) is 17.6. The molecule has 4 rings (SSSR count). The van der Waals surface area contributed by atoms with Gasteiger partial charge >= 0.3 is 17.9 Å². The first-order valence-corrected chi connectivity index (χ1v) is 10.9. The molecule has 7 nitrogen and oxygen atoms in total. The molecule has 0 spiro atoms. The van der Waals surface area contributed by atoms with Crippen molar-refractivity contribution in [3.63, 3.8) is 0 Å². The van der Waals surface area contributed by atoms with Gasteiger partial charge in [0.15, 0.2) is 0 Å². The number of aliphatic carboxylic acids is 1. The molecule has 1 aromatic carbocycles. The molecule has 9 heteroatoms. The Hall–Kier alpha value is -2.55. The van der Waals surface area contributed by atoms with Gasteiger partial charge in [-0.2, -0.15) is 0 Å². The molecule has 4 unspecified atom stereocenters. The van der Waals surface area contributed by atoms with Crippen molar-refractivity contribution in [3.05, 3.63) is 35.6 Å². The molecule has 0 heterocycles. The fourth-order valence-electron chi connectivity index (χ4n) is 5.30. The molecule has 0 radical (unpaired) electrons. The summed E-state index contributed by atoms with van der Waals surface area (Å²) in [6, 6.07) is 5.67. The van der Waals surface area contributed by atoms with Crippen molar-refractivity contribution < 1.29 is 42.5 Å². The van der Waals surface area contributed by atoms with Gasteiger partial charge in [-0.05, 0) is 43.4 Å². The molecule has 3 aliphatic rings. The summed E-state index contributed by atoms with van der Waals surface area (Å²) < 4.78 is 44.0. The van der Waals surface area contributed by atoms with Crippen LogP contribution >= 0.6 is 0 Å². The third-order valence-electron chi connectivity index (χ3n) is 7.09. The number of carboxylic acids is 1. The van der Waals surface area contributed by atoms with Gasteiger partial charge in [-0.1, -0.05) is 31.4 Å². The molecule has 0 aliphatic heterocycles. The minimum absolute atomic E-state index is 0.0426. The van der Waals surface area contributed by atoms with Crippen LogP contribution in [0.5, 0.6) is 0 Å². The number of hydrogen-bond donors (Lipinski definition) is 1. The number of esters is 2. The molecule has 3 saturated carbocycles. The first kappa shape index (κ1) is 22.6. The summed E-state index contributed by atoms with van der Waals surface area (Å²) >= 11 is 0. The van der Waals surface area contributed by atoms with Crippen molar-refractivity contribution in [1.82, 2.24) is 0 Å². The maximum atomic E-state index is 15.2. The van der Waals surface area contributed by atoms with Gasteiger partial charge in [0.25, 0.3) is 0 Å². The average Bonchev–Trinajstić information content (AvgIpc) is 3.10. The Balaban J connectivity index is 1.33. The van der Waals surface area contributed by atoms with E-state index in [2.05, 4.69) is 0 Å². The number of alkyl halides is 1. The highest BCUT2D eigenvalue weighted by atomic mass is 19.1. The number of halogens is 2. The summed E-state index contributed by atoms with van der Waals surface area (Å²) in [5.41, 5.74) is -3.89. The van der Waals surface area contributed by atoms with E-state index in [4.69, 9.17) is 14.2 Å². The fraction of sp³-hybridized carbons (Fsp3) is 0.609. The molecule has 1 N–H and O–H groups in total. The van der Waals surface area contributed by atoms with E-state index in [9.17, 15) is 23.9 Å². The molecule has 0 saturated heterocycles. The molecule has 174 valence electrons. The molecule has 3 aliphatic carbocycles. The zero-order valence-corrected chi connectivity index (χ0v) is 17.6. The Kier molecular flexibility index (Phi) is 6.20. The van der Waals surface area contributed by atoms with Gasteiger partial charge in [0, 0.05) is 5.92 Å². The van der Waals surface area contributed by atoms with Crippen LogP contribution in [0.2, 0.25) is 0 Å². The smallest absolute Gasteiger partial charge is 0.343 e. The van der Waals surface area contributed by atoms with Crippen molar-refractivity contribution >= 4 is 17.9 Å². The number of carbonyl (C=O) groups excluding carboxylic acids is 2. The third kappa shape index (κ3) is 3.87. The predicted octanol–water partition coefficient (Wildman–Crippen LogP) is 3.54. The van der Waals surface area contributed by atoms with Crippen LogP contribution in [0, 0.1) is 23.1 Å². The van der Waals surface area contributed by atoms with Crippen LogP contribution in [0.4, 0.5) is 8.78 Å². The van der Waals surface area contributed by atoms with E-state index in [1.165, 1.54) is 12.1 Å². The molecule has 32 heavy (non-hydrogen) atoms. The normalized spacial score (nSPS) is 31.6. The lowest BCUT2D eigenvalue weighted by Crippen LogP contribution is -2.36. The third-order valence-corrected chi connectivity index (χ3v) is 7.09. The fourth-order valence-corrected chi connectivity index (χ4v) is 5.30. The molecular weight excluding hydrogens is 426 g/mol. The van der Waals surface area contributed by atoms with E-state index >= 15 is 4.39 Å². The van der Waals surface area contributed by atoms with Crippen molar-refractivity contribution in [2.45, 2.75) is 63.3 Å². The Labute approximate surface area is 184 Å². The van der Waals surface area contributed by atoms with E-state index in [0.717, 1.165) is 32.1 Å². The summed E-state index contributed by atoms with van der Waals surface area (Å²) in [4.78, 5) is 36.4. The number of ether oxygens (including phenoxy) is 3. The van der Waals surface area contributed by atoms with Gasteiger partial charge in [-0.3, -0.25) is 9.59 Å². The Morgan fingerprint density at radius 1 is 1.06 bits per heavy atom. The van der Waals surface area contributed by atoms with Gasteiger partial charge in [-0.25, -0.2) is 13.6 Å². The first-order valence-electron chi connectivity index (χ1n) is 10.9. The van der Waals surface area contributed by atoms with Crippen molar-refractivity contribution in [2.75, 3.05) is 6.79 Å². The molecule has 0 bridgehead atoms. The van der Waals surface area contributed by atoms with Crippen LogP contribution < -0.4 is 0 Å².